The van der Waals surface area contributed by atoms with Crippen LogP contribution >= 0.6 is 0 Å². The Morgan fingerprint density at radius 1 is 1.80 bits per heavy atom. The summed E-state index contributed by atoms with van der Waals surface area (Å²) in [5.74, 6) is 0.130. The topological polar surface area (TPSA) is 19.9 Å². The maximum atomic E-state index is 9.76. The van der Waals surface area contributed by atoms with Crippen LogP contribution in [0.5, 0.6) is 0 Å². The monoisotopic (exact) mass is 71.0 g/mol. The Hall–Kier alpha value is -0.460. The van der Waals surface area contributed by atoms with Crippen LogP contribution in [0.4, 0.5) is 0 Å². The molecule has 0 atom stereocenters. The van der Waals surface area contributed by atoms with Gasteiger partial charge in [-0.15, -0.1) is 0 Å². The Bertz CT molecular complexity index is 41.6. The lowest BCUT2D eigenvalue weighted by atomic mass is 10.5. The number of hydrogen-bond acceptors (Lipinski definition) is 0. The van der Waals surface area contributed by atoms with Crippen molar-refractivity contribution in [1.82, 2.24) is 0 Å². The predicted molar refractivity (Wildman–Crippen MR) is 20.1 cm³/mol. The lowest BCUT2D eigenvalue weighted by Gasteiger charge is -1.67. The van der Waals surface area contributed by atoms with Gasteiger partial charge in [-0.2, -0.15) is 0 Å². The molecule has 0 aliphatic carbocycles. The minimum Gasteiger partial charge on any atom is -0.296 e. The number of hydrogen-bond donors (Lipinski definition) is 0. The third-order valence-electron chi connectivity index (χ3n) is 0.407. The molecule has 5 heavy (non-hydrogen) atoms. The van der Waals surface area contributed by atoms with Gasteiger partial charge in [0.05, 0.1) is 0 Å². The molecule has 0 spiro atoms. The second kappa shape index (κ2) is 1.82. The predicted octanol–water partition coefficient (Wildman–Crippen LogP) is 1.34. The summed E-state index contributed by atoms with van der Waals surface area (Å²) < 4.78 is 0. The van der Waals surface area contributed by atoms with E-state index in [9.17, 15) is 5.11 Å². The molecule has 0 fully saturated rings. The molecule has 0 amide bonds. The summed E-state index contributed by atoms with van der Waals surface area (Å²) >= 11 is 0. The van der Waals surface area contributed by atoms with E-state index >= 15 is 0 Å². The fourth-order valence-electron chi connectivity index (χ4n) is 0. The average molecular weight is 71.1 g/mol. The summed E-state index contributed by atoms with van der Waals surface area (Å²) in [5.41, 5.74) is 0. The summed E-state index contributed by atoms with van der Waals surface area (Å²) in [5, 5.41) is 9.76. The molecule has 0 aromatic carbocycles. The van der Waals surface area contributed by atoms with Gasteiger partial charge in [-0.05, 0) is 19.9 Å². The van der Waals surface area contributed by atoms with Crippen molar-refractivity contribution < 1.29 is 5.11 Å². The highest BCUT2D eigenvalue weighted by Crippen LogP contribution is 1.78. The molecule has 0 unspecified atom stereocenters. The van der Waals surface area contributed by atoms with Crippen molar-refractivity contribution in [3.63, 3.8) is 0 Å². The minimum atomic E-state index is 0.130. The van der Waals surface area contributed by atoms with Crippen molar-refractivity contribution in [3.05, 3.63) is 11.8 Å². The molecule has 29 valence electrons. The molecule has 0 rings (SSSR count). The van der Waals surface area contributed by atoms with E-state index in [1.165, 1.54) is 13.0 Å². The molecule has 0 saturated heterocycles. The summed E-state index contributed by atoms with van der Waals surface area (Å²) in [6.07, 6.45) is 1.53. The third kappa shape index (κ3) is 3.54. The Balaban J connectivity index is 3.14. The van der Waals surface area contributed by atoms with Crippen LogP contribution < -0.4 is 0 Å². The van der Waals surface area contributed by atoms with E-state index < -0.39 is 0 Å². The van der Waals surface area contributed by atoms with Crippen LogP contribution in [0.1, 0.15) is 13.8 Å². The maximum absolute atomic E-state index is 9.76. The molecule has 0 aliphatic heterocycles. The highest BCUT2D eigenvalue weighted by atomic mass is 16.3. The average Bonchev–Trinajstić information content (AvgIpc) is 1.38. The molecule has 0 bridgehead atoms. The zero-order valence-corrected chi connectivity index (χ0v) is 3.49. The fraction of sp³-hybridized carbons (Fsp3) is 0.500. The second-order valence-corrected chi connectivity index (χ2v) is 0.899. The van der Waals surface area contributed by atoms with Gasteiger partial charge in [0.2, 0.25) is 0 Å². The van der Waals surface area contributed by atoms with Crippen LogP contribution in [0.2, 0.25) is 0 Å². The number of allylic oxidation sites excluding steroid dienone is 2. The van der Waals surface area contributed by atoms with E-state index in [0.717, 1.165) is 0 Å². The van der Waals surface area contributed by atoms with Crippen LogP contribution in [0.25, 0.3) is 0 Å². The largest absolute Gasteiger partial charge is 0.296 e. The number of rotatable bonds is 0. The van der Waals surface area contributed by atoms with Gasteiger partial charge in [-0.3, -0.25) is 5.11 Å². The molecule has 1 radical (unpaired) electrons. The summed E-state index contributed by atoms with van der Waals surface area (Å²) in [6, 6.07) is 0. The molecule has 1 nitrogen and oxygen atoms in total. The van der Waals surface area contributed by atoms with Crippen molar-refractivity contribution in [3.8, 4) is 0 Å². The van der Waals surface area contributed by atoms with E-state index in [2.05, 4.69) is 0 Å². The fourth-order valence-corrected chi connectivity index (χ4v) is 0. The van der Waals surface area contributed by atoms with Crippen molar-refractivity contribution in [2.75, 3.05) is 0 Å². The van der Waals surface area contributed by atoms with Crippen LogP contribution in [-0.2, 0) is 5.11 Å². The van der Waals surface area contributed by atoms with Gasteiger partial charge in [0, 0.05) is 0 Å². The van der Waals surface area contributed by atoms with E-state index in [1.807, 2.05) is 0 Å². The van der Waals surface area contributed by atoms with E-state index in [0.29, 0.717) is 0 Å². The highest BCUT2D eigenvalue weighted by Gasteiger charge is 1.68. The zero-order valence-electron chi connectivity index (χ0n) is 3.49. The first kappa shape index (κ1) is 4.54. The second-order valence-electron chi connectivity index (χ2n) is 0.899. The lowest BCUT2D eigenvalue weighted by molar-refractivity contribution is 0.299. The highest BCUT2D eigenvalue weighted by molar-refractivity contribution is 4.79. The molecule has 0 aromatic rings. The van der Waals surface area contributed by atoms with Crippen LogP contribution in [0.15, 0.2) is 11.8 Å². The van der Waals surface area contributed by atoms with Gasteiger partial charge in [0.1, 0.15) is 5.76 Å². The molecule has 0 saturated carbocycles. The van der Waals surface area contributed by atoms with Crippen molar-refractivity contribution >= 4 is 0 Å². The lowest BCUT2D eigenvalue weighted by Crippen LogP contribution is -1.56. The van der Waals surface area contributed by atoms with Crippen molar-refractivity contribution in [1.29, 1.82) is 0 Å². The Kier molecular flexibility index (Phi) is 1.65. The van der Waals surface area contributed by atoms with Gasteiger partial charge in [0.15, 0.2) is 0 Å². The molecular formula is C4H7O. The summed E-state index contributed by atoms with van der Waals surface area (Å²) in [4.78, 5) is 0. The first-order chi connectivity index (χ1) is 2.27. The van der Waals surface area contributed by atoms with Crippen molar-refractivity contribution in [2.24, 2.45) is 0 Å². The van der Waals surface area contributed by atoms with Gasteiger partial charge in [-0.1, -0.05) is 0 Å². The van der Waals surface area contributed by atoms with Crippen molar-refractivity contribution in [2.45, 2.75) is 13.8 Å². The molecule has 0 aromatic heterocycles. The zero-order chi connectivity index (χ0) is 4.28. The standard InChI is InChI=1S/C4H7O/c1-3-4(2)5/h3H,1-2H3/b4-3+. The van der Waals surface area contributed by atoms with Crippen LogP contribution in [0.3, 0.4) is 0 Å². The first-order valence-corrected chi connectivity index (χ1v) is 1.57. The minimum absolute atomic E-state index is 0.130. The summed E-state index contributed by atoms with van der Waals surface area (Å²) in [6.45, 7) is 3.25. The SMILES string of the molecule is C/C=C(\C)[O]. The Labute approximate surface area is 31.9 Å². The molecule has 0 aliphatic rings. The normalized spacial score (nSPS) is 12.0. The van der Waals surface area contributed by atoms with E-state index in [1.54, 1.807) is 6.92 Å². The smallest absolute Gasteiger partial charge is 0.148 e. The first-order valence-electron chi connectivity index (χ1n) is 1.57. The van der Waals surface area contributed by atoms with E-state index in [-0.39, 0.29) is 5.76 Å². The Morgan fingerprint density at radius 3 is 2.00 bits per heavy atom. The quantitative estimate of drug-likeness (QED) is 0.384. The van der Waals surface area contributed by atoms with Gasteiger partial charge < -0.3 is 0 Å². The van der Waals surface area contributed by atoms with E-state index in [4.69, 9.17) is 0 Å². The third-order valence-corrected chi connectivity index (χ3v) is 0.407. The van der Waals surface area contributed by atoms with Gasteiger partial charge in [-0.25, -0.2) is 0 Å². The summed E-state index contributed by atoms with van der Waals surface area (Å²) in [7, 11) is 0. The molecule has 1 heteroatoms. The molecular weight excluding hydrogens is 64.0 g/mol. The maximum Gasteiger partial charge on any atom is 0.148 e. The van der Waals surface area contributed by atoms with Crippen LogP contribution in [-0.4, -0.2) is 0 Å². The van der Waals surface area contributed by atoms with Crippen LogP contribution in [0, 0.1) is 0 Å². The molecule has 0 N–H and O–H groups in total. The van der Waals surface area contributed by atoms with Gasteiger partial charge in [0.25, 0.3) is 0 Å². The Morgan fingerprint density at radius 2 is 2.00 bits per heavy atom. The van der Waals surface area contributed by atoms with Gasteiger partial charge >= 0.3 is 0 Å². The molecule has 0 heterocycles.